The van der Waals surface area contributed by atoms with Crippen molar-refractivity contribution in [3.8, 4) is 0 Å². The summed E-state index contributed by atoms with van der Waals surface area (Å²) in [4.78, 5) is 1.22. The van der Waals surface area contributed by atoms with Gasteiger partial charge in [0.15, 0.2) is 0 Å². The van der Waals surface area contributed by atoms with Crippen LogP contribution in [0.4, 0.5) is 10.1 Å². The van der Waals surface area contributed by atoms with E-state index in [1.165, 1.54) is 17.0 Å². The largest absolute Gasteiger partial charge is 0.376 e. The number of hydrogen-bond acceptors (Lipinski definition) is 2. The van der Waals surface area contributed by atoms with Crippen molar-refractivity contribution in [2.24, 2.45) is 0 Å². The van der Waals surface area contributed by atoms with Crippen molar-refractivity contribution in [2.45, 2.75) is 13.0 Å². The Labute approximate surface area is 103 Å². The van der Waals surface area contributed by atoms with Crippen LogP contribution in [-0.4, -0.2) is 0 Å². The maximum absolute atomic E-state index is 12.8. The lowest BCUT2D eigenvalue weighted by Gasteiger charge is -2.14. The topological polar surface area (TPSA) is 12.0 Å². The van der Waals surface area contributed by atoms with E-state index < -0.39 is 0 Å². The van der Waals surface area contributed by atoms with Crippen molar-refractivity contribution in [1.82, 2.24) is 0 Å². The quantitative estimate of drug-likeness (QED) is 0.837. The van der Waals surface area contributed by atoms with Gasteiger partial charge in [0, 0.05) is 4.88 Å². The van der Waals surface area contributed by atoms with E-state index in [4.69, 9.17) is 11.6 Å². The number of benzene rings is 1. The molecule has 0 radical (unpaired) electrons. The van der Waals surface area contributed by atoms with Crippen molar-refractivity contribution < 1.29 is 4.39 Å². The smallest absolute Gasteiger partial charge is 0.124 e. The highest BCUT2D eigenvalue weighted by Crippen LogP contribution is 2.28. The van der Waals surface area contributed by atoms with Gasteiger partial charge < -0.3 is 5.32 Å². The first-order chi connectivity index (χ1) is 7.66. The molecule has 1 unspecified atom stereocenters. The zero-order chi connectivity index (χ0) is 11.5. The lowest BCUT2D eigenvalue weighted by molar-refractivity contribution is 0.628. The molecule has 0 aliphatic rings. The molecule has 0 saturated carbocycles. The van der Waals surface area contributed by atoms with E-state index in [9.17, 15) is 4.39 Å². The zero-order valence-electron chi connectivity index (χ0n) is 8.71. The molecule has 84 valence electrons. The Kier molecular flexibility index (Phi) is 3.46. The molecule has 1 nitrogen and oxygen atoms in total. The van der Waals surface area contributed by atoms with Crippen LogP contribution in [0.2, 0.25) is 5.02 Å². The van der Waals surface area contributed by atoms with E-state index in [0.717, 1.165) is 5.69 Å². The summed E-state index contributed by atoms with van der Waals surface area (Å²) in [6, 6.07) is 8.59. The highest BCUT2D eigenvalue weighted by atomic mass is 35.5. The molecule has 4 heteroatoms. The third-order valence-corrected chi connectivity index (χ3v) is 3.64. The fourth-order valence-corrected chi connectivity index (χ4v) is 2.40. The molecule has 0 aliphatic heterocycles. The summed E-state index contributed by atoms with van der Waals surface area (Å²) in [5, 5.41) is 5.69. The van der Waals surface area contributed by atoms with Crippen LogP contribution in [0.5, 0.6) is 0 Å². The average Bonchev–Trinajstić information content (AvgIpc) is 2.75. The van der Waals surface area contributed by atoms with Crippen molar-refractivity contribution in [3.05, 3.63) is 51.4 Å². The van der Waals surface area contributed by atoms with E-state index >= 15 is 0 Å². The standard InChI is InChI=1S/C12H11ClFNS/c1-8(12-3-2-6-16-12)15-11-5-4-9(14)7-10(11)13/h2-8,15H,1H3. The number of thiophene rings is 1. The van der Waals surface area contributed by atoms with Gasteiger partial charge in [0.05, 0.1) is 16.8 Å². The number of nitrogens with one attached hydrogen (secondary N) is 1. The maximum Gasteiger partial charge on any atom is 0.124 e. The summed E-state index contributed by atoms with van der Waals surface area (Å²) < 4.78 is 12.8. The Morgan fingerprint density at radius 2 is 2.19 bits per heavy atom. The van der Waals surface area contributed by atoms with Gasteiger partial charge in [0.1, 0.15) is 5.82 Å². The number of hydrogen-bond donors (Lipinski definition) is 1. The van der Waals surface area contributed by atoms with Gasteiger partial charge in [0.25, 0.3) is 0 Å². The van der Waals surface area contributed by atoms with Crippen LogP contribution < -0.4 is 5.32 Å². The average molecular weight is 256 g/mol. The predicted octanol–water partition coefficient (Wildman–Crippen LogP) is 4.71. The Balaban J connectivity index is 2.15. The second-order valence-electron chi connectivity index (χ2n) is 3.51. The SMILES string of the molecule is CC(Nc1ccc(F)cc1Cl)c1cccs1. The molecule has 2 aromatic rings. The minimum atomic E-state index is -0.320. The fraction of sp³-hybridized carbons (Fsp3) is 0.167. The van der Waals surface area contributed by atoms with Crippen molar-refractivity contribution in [3.63, 3.8) is 0 Å². The first-order valence-corrected chi connectivity index (χ1v) is 6.17. The molecule has 1 atom stereocenters. The van der Waals surface area contributed by atoms with E-state index in [1.807, 2.05) is 18.4 Å². The molecular formula is C12H11ClFNS. The third-order valence-electron chi connectivity index (χ3n) is 2.27. The molecule has 1 aromatic carbocycles. The van der Waals surface area contributed by atoms with E-state index in [0.29, 0.717) is 5.02 Å². The van der Waals surface area contributed by atoms with E-state index in [-0.39, 0.29) is 11.9 Å². The van der Waals surface area contributed by atoms with Gasteiger partial charge >= 0.3 is 0 Å². The van der Waals surface area contributed by atoms with E-state index in [1.54, 1.807) is 17.4 Å². The molecule has 0 spiro atoms. The van der Waals surface area contributed by atoms with Gasteiger partial charge in [-0.3, -0.25) is 0 Å². The van der Waals surface area contributed by atoms with Gasteiger partial charge in [-0.25, -0.2) is 4.39 Å². The van der Waals surface area contributed by atoms with E-state index in [2.05, 4.69) is 11.4 Å². The highest BCUT2D eigenvalue weighted by molar-refractivity contribution is 7.10. The summed E-state index contributed by atoms with van der Waals surface area (Å²) in [5.74, 6) is -0.320. The Morgan fingerprint density at radius 3 is 2.81 bits per heavy atom. The third kappa shape index (κ3) is 2.54. The Morgan fingerprint density at radius 1 is 1.38 bits per heavy atom. The summed E-state index contributed by atoms with van der Waals surface area (Å²) >= 11 is 7.62. The Hall–Kier alpha value is -1.06. The van der Waals surface area contributed by atoms with Crippen LogP contribution in [0, 0.1) is 5.82 Å². The van der Waals surface area contributed by atoms with Crippen LogP contribution in [0.3, 0.4) is 0 Å². The second-order valence-corrected chi connectivity index (χ2v) is 4.89. The molecule has 1 aromatic heterocycles. The maximum atomic E-state index is 12.8. The number of rotatable bonds is 3. The van der Waals surface area contributed by atoms with Crippen LogP contribution in [0.15, 0.2) is 35.7 Å². The lowest BCUT2D eigenvalue weighted by atomic mass is 10.2. The van der Waals surface area contributed by atoms with Crippen LogP contribution >= 0.6 is 22.9 Å². The lowest BCUT2D eigenvalue weighted by Crippen LogP contribution is -2.05. The fourth-order valence-electron chi connectivity index (χ4n) is 1.45. The molecule has 0 bridgehead atoms. The number of halogens is 2. The predicted molar refractivity (Wildman–Crippen MR) is 67.8 cm³/mol. The number of anilines is 1. The minimum Gasteiger partial charge on any atom is -0.376 e. The monoisotopic (exact) mass is 255 g/mol. The zero-order valence-corrected chi connectivity index (χ0v) is 10.3. The summed E-state index contributed by atoms with van der Waals surface area (Å²) in [6.07, 6.45) is 0. The normalized spacial score (nSPS) is 12.4. The molecule has 16 heavy (non-hydrogen) atoms. The van der Waals surface area contributed by atoms with Gasteiger partial charge in [0.2, 0.25) is 0 Å². The summed E-state index contributed by atoms with van der Waals surface area (Å²) in [6.45, 7) is 2.05. The first kappa shape index (κ1) is 11.4. The van der Waals surface area contributed by atoms with Gasteiger partial charge in [-0.1, -0.05) is 17.7 Å². The molecule has 0 aliphatic carbocycles. The molecule has 1 N–H and O–H groups in total. The summed E-state index contributed by atoms with van der Waals surface area (Å²) in [7, 11) is 0. The van der Waals surface area contributed by atoms with Gasteiger partial charge in [-0.2, -0.15) is 0 Å². The highest BCUT2D eigenvalue weighted by Gasteiger charge is 2.08. The van der Waals surface area contributed by atoms with Crippen LogP contribution in [0.25, 0.3) is 0 Å². The van der Waals surface area contributed by atoms with Gasteiger partial charge in [-0.05, 0) is 36.6 Å². The van der Waals surface area contributed by atoms with Crippen LogP contribution in [0.1, 0.15) is 17.8 Å². The van der Waals surface area contributed by atoms with Crippen molar-refractivity contribution in [2.75, 3.05) is 5.32 Å². The second kappa shape index (κ2) is 4.85. The molecule has 2 rings (SSSR count). The van der Waals surface area contributed by atoms with Gasteiger partial charge in [-0.15, -0.1) is 11.3 Å². The molecule has 0 saturated heterocycles. The van der Waals surface area contributed by atoms with Crippen molar-refractivity contribution >= 4 is 28.6 Å². The van der Waals surface area contributed by atoms with Crippen molar-refractivity contribution in [1.29, 1.82) is 0 Å². The molecular weight excluding hydrogens is 245 g/mol. The molecule has 0 amide bonds. The van der Waals surface area contributed by atoms with Crippen LogP contribution in [-0.2, 0) is 0 Å². The molecule has 1 heterocycles. The first-order valence-electron chi connectivity index (χ1n) is 4.92. The Bertz CT molecular complexity index is 470. The minimum absolute atomic E-state index is 0.169. The summed E-state index contributed by atoms with van der Waals surface area (Å²) in [5.41, 5.74) is 0.754. The molecule has 0 fully saturated rings.